The van der Waals surface area contributed by atoms with Crippen molar-refractivity contribution >= 4 is 23.2 Å². The molecule has 0 aromatic heterocycles. The van der Waals surface area contributed by atoms with E-state index in [1.54, 1.807) is 7.05 Å². The van der Waals surface area contributed by atoms with Gasteiger partial charge in [0, 0.05) is 31.8 Å². The highest BCUT2D eigenvalue weighted by atomic mass is 35.5. The third-order valence-corrected chi connectivity index (χ3v) is 3.81. The van der Waals surface area contributed by atoms with Crippen molar-refractivity contribution in [1.29, 1.82) is 0 Å². The van der Waals surface area contributed by atoms with E-state index in [-0.39, 0.29) is 28.3 Å². The van der Waals surface area contributed by atoms with Crippen molar-refractivity contribution < 1.29 is 14.5 Å². The maximum absolute atomic E-state index is 12.3. The Morgan fingerprint density at radius 2 is 2.29 bits per heavy atom. The molecule has 7 heteroatoms. The van der Waals surface area contributed by atoms with Crippen molar-refractivity contribution in [3.63, 3.8) is 0 Å². The van der Waals surface area contributed by atoms with Crippen LogP contribution in [0.3, 0.4) is 0 Å². The van der Waals surface area contributed by atoms with E-state index in [0.29, 0.717) is 6.54 Å². The van der Waals surface area contributed by atoms with Gasteiger partial charge in [0.05, 0.1) is 11.0 Å². The fourth-order valence-corrected chi connectivity index (χ4v) is 2.53. The first-order valence-corrected chi connectivity index (χ1v) is 7.18. The second kappa shape index (κ2) is 6.87. The Bertz CT molecular complexity index is 544. The molecule has 0 N–H and O–H groups in total. The highest BCUT2D eigenvalue weighted by Gasteiger charge is 2.22. The molecule has 0 bridgehead atoms. The summed E-state index contributed by atoms with van der Waals surface area (Å²) in [6.07, 6.45) is 3.12. The summed E-state index contributed by atoms with van der Waals surface area (Å²) in [5, 5.41) is 10.9. The first kappa shape index (κ1) is 15.7. The van der Waals surface area contributed by atoms with Crippen molar-refractivity contribution in [3.8, 4) is 0 Å². The number of hydrogen-bond acceptors (Lipinski definition) is 4. The smallest absolute Gasteiger partial charge is 0.288 e. The number of ether oxygens (including phenoxy) is 1. The van der Waals surface area contributed by atoms with Gasteiger partial charge in [-0.2, -0.15) is 0 Å². The SMILES string of the molecule is CN(CC1CCCCO1)C(=O)c1ccc(Cl)c([N+](=O)[O-])c1. The zero-order valence-corrected chi connectivity index (χ0v) is 12.5. The Morgan fingerprint density at radius 3 is 2.90 bits per heavy atom. The van der Waals surface area contributed by atoms with E-state index in [1.807, 2.05) is 0 Å². The lowest BCUT2D eigenvalue weighted by Gasteiger charge is -2.27. The lowest BCUT2D eigenvalue weighted by Crippen LogP contribution is -2.37. The lowest BCUT2D eigenvalue weighted by molar-refractivity contribution is -0.384. The molecule has 1 aliphatic rings. The zero-order valence-electron chi connectivity index (χ0n) is 11.8. The van der Waals surface area contributed by atoms with E-state index in [1.165, 1.54) is 23.1 Å². The summed E-state index contributed by atoms with van der Waals surface area (Å²) in [6, 6.07) is 4.08. The Kier molecular flexibility index (Phi) is 5.14. The molecule has 0 aliphatic carbocycles. The van der Waals surface area contributed by atoms with E-state index >= 15 is 0 Å². The number of hydrogen-bond donors (Lipinski definition) is 0. The second-order valence-electron chi connectivity index (χ2n) is 5.10. The Balaban J connectivity index is 2.08. The molecule has 1 fully saturated rings. The summed E-state index contributed by atoms with van der Waals surface area (Å²) in [5.74, 6) is -0.274. The highest BCUT2D eigenvalue weighted by molar-refractivity contribution is 6.32. The minimum absolute atomic E-state index is 0.0230. The maximum Gasteiger partial charge on any atom is 0.288 e. The minimum atomic E-state index is -0.594. The van der Waals surface area contributed by atoms with Crippen molar-refractivity contribution in [2.45, 2.75) is 25.4 Å². The van der Waals surface area contributed by atoms with Crippen LogP contribution in [0.1, 0.15) is 29.6 Å². The molecule has 0 saturated carbocycles. The van der Waals surface area contributed by atoms with Crippen molar-refractivity contribution in [2.75, 3.05) is 20.2 Å². The molecule has 21 heavy (non-hydrogen) atoms. The molecule has 6 nitrogen and oxygen atoms in total. The number of nitro groups is 1. The van der Waals surface area contributed by atoms with Crippen LogP contribution in [-0.4, -0.2) is 42.0 Å². The Labute approximate surface area is 127 Å². The number of nitro benzene ring substituents is 1. The molecule has 2 rings (SSSR count). The third-order valence-electron chi connectivity index (χ3n) is 3.49. The van der Waals surface area contributed by atoms with E-state index in [9.17, 15) is 14.9 Å². The van der Waals surface area contributed by atoms with Gasteiger partial charge < -0.3 is 9.64 Å². The fourth-order valence-electron chi connectivity index (χ4n) is 2.35. The number of halogens is 1. The molecule has 1 aliphatic heterocycles. The normalized spacial score (nSPS) is 18.3. The predicted octanol–water partition coefficient (Wildman–Crippen LogP) is 2.89. The van der Waals surface area contributed by atoms with Crippen LogP contribution in [0.15, 0.2) is 18.2 Å². The van der Waals surface area contributed by atoms with Crippen molar-refractivity contribution in [1.82, 2.24) is 4.90 Å². The first-order valence-electron chi connectivity index (χ1n) is 6.80. The predicted molar refractivity (Wildman–Crippen MR) is 78.7 cm³/mol. The third kappa shape index (κ3) is 3.92. The van der Waals surface area contributed by atoms with Gasteiger partial charge in [-0.15, -0.1) is 0 Å². The summed E-state index contributed by atoms with van der Waals surface area (Å²) in [5.41, 5.74) is -0.00533. The molecule has 1 aromatic rings. The Hall–Kier alpha value is -1.66. The van der Waals surface area contributed by atoms with Crippen LogP contribution < -0.4 is 0 Å². The fraction of sp³-hybridized carbons (Fsp3) is 0.500. The summed E-state index contributed by atoms with van der Waals surface area (Å²) < 4.78 is 5.59. The summed E-state index contributed by atoms with van der Waals surface area (Å²) in [6.45, 7) is 1.20. The second-order valence-corrected chi connectivity index (χ2v) is 5.50. The van der Waals surface area contributed by atoms with Gasteiger partial charge in [0.1, 0.15) is 5.02 Å². The lowest BCUT2D eigenvalue weighted by atomic mass is 10.1. The molecule has 1 aromatic carbocycles. The van der Waals surface area contributed by atoms with Crippen LogP contribution in [0, 0.1) is 10.1 Å². The number of likely N-dealkylation sites (N-methyl/N-ethyl adjacent to an activating group) is 1. The largest absolute Gasteiger partial charge is 0.376 e. The van der Waals surface area contributed by atoms with Gasteiger partial charge in [0.15, 0.2) is 0 Å². The standard InChI is InChI=1S/C14H17ClN2O4/c1-16(9-11-4-2-3-7-21-11)14(18)10-5-6-12(15)13(8-10)17(19)20/h5-6,8,11H,2-4,7,9H2,1H3. The molecular weight excluding hydrogens is 296 g/mol. The molecule has 114 valence electrons. The number of benzene rings is 1. The van der Waals surface area contributed by atoms with Crippen LogP contribution in [0.25, 0.3) is 0 Å². The van der Waals surface area contributed by atoms with Gasteiger partial charge in [-0.05, 0) is 31.4 Å². The summed E-state index contributed by atoms with van der Waals surface area (Å²) in [4.78, 5) is 24.1. The Morgan fingerprint density at radius 1 is 1.52 bits per heavy atom. The first-order chi connectivity index (χ1) is 9.99. The van der Waals surface area contributed by atoms with Crippen LogP contribution in [-0.2, 0) is 4.74 Å². The molecule has 1 unspecified atom stereocenters. The van der Waals surface area contributed by atoms with Crippen LogP contribution in [0.4, 0.5) is 5.69 Å². The molecule has 1 saturated heterocycles. The minimum Gasteiger partial charge on any atom is -0.376 e. The molecule has 1 heterocycles. The number of amides is 1. The monoisotopic (exact) mass is 312 g/mol. The molecule has 1 atom stereocenters. The van der Waals surface area contributed by atoms with E-state index in [2.05, 4.69) is 0 Å². The number of nitrogens with zero attached hydrogens (tertiary/aromatic N) is 2. The van der Waals surface area contributed by atoms with E-state index in [0.717, 1.165) is 25.9 Å². The molecule has 0 radical (unpaired) electrons. The van der Waals surface area contributed by atoms with Crippen LogP contribution in [0.5, 0.6) is 0 Å². The van der Waals surface area contributed by atoms with Gasteiger partial charge in [-0.25, -0.2) is 0 Å². The van der Waals surface area contributed by atoms with Gasteiger partial charge in [0.25, 0.3) is 11.6 Å². The topological polar surface area (TPSA) is 72.7 Å². The van der Waals surface area contributed by atoms with Crippen molar-refractivity contribution in [3.05, 3.63) is 38.9 Å². The maximum atomic E-state index is 12.3. The highest BCUT2D eigenvalue weighted by Crippen LogP contribution is 2.25. The average Bonchev–Trinajstić information content (AvgIpc) is 2.47. The average molecular weight is 313 g/mol. The zero-order chi connectivity index (χ0) is 15.4. The van der Waals surface area contributed by atoms with E-state index < -0.39 is 4.92 Å². The van der Waals surface area contributed by atoms with Gasteiger partial charge >= 0.3 is 0 Å². The number of rotatable bonds is 4. The number of carbonyl (C=O) groups is 1. The summed E-state index contributed by atoms with van der Waals surface area (Å²) >= 11 is 5.74. The quantitative estimate of drug-likeness (QED) is 0.633. The van der Waals surface area contributed by atoms with Gasteiger partial charge in [-0.1, -0.05) is 11.6 Å². The van der Waals surface area contributed by atoms with Crippen molar-refractivity contribution in [2.24, 2.45) is 0 Å². The van der Waals surface area contributed by atoms with E-state index in [4.69, 9.17) is 16.3 Å². The van der Waals surface area contributed by atoms with Crippen LogP contribution >= 0.6 is 11.6 Å². The van der Waals surface area contributed by atoms with Gasteiger partial charge in [-0.3, -0.25) is 14.9 Å². The molecule has 0 spiro atoms. The molecule has 1 amide bonds. The number of carbonyl (C=O) groups excluding carboxylic acids is 1. The van der Waals surface area contributed by atoms with Crippen LogP contribution in [0.2, 0.25) is 5.02 Å². The van der Waals surface area contributed by atoms with Gasteiger partial charge in [0.2, 0.25) is 0 Å². The summed E-state index contributed by atoms with van der Waals surface area (Å²) in [7, 11) is 1.67. The molecular formula is C14H17ClN2O4.